The standard InChI is InChI=1S/C30H32FN3O6S/c1-20-17-34(21(2)19-35)30(36)27-14-23(9-8-22-10-12-24(31)13-11-22)16-32-29(27)40-28(20)18-33(3)41(37,38)26-7-5-6-25(15-26)39-4/h5-7,10-16,20-21,28,35H,17-19H2,1-4H3/t20-,21+,28-/m0/s1. The lowest BCUT2D eigenvalue weighted by Crippen LogP contribution is -2.50. The van der Waals surface area contributed by atoms with Gasteiger partial charge in [-0.05, 0) is 49.4 Å². The van der Waals surface area contributed by atoms with Gasteiger partial charge in [0.15, 0.2) is 0 Å². The SMILES string of the molecule is COc1cccc(S(=O)(=O)N(C)C[C@@H]2Oc3ncc(C#Cc4ccc(F)cc4)cc3C(=O)N([C@H](C)CO)C[C@@H]2C)c1. The molecule has 3 aromatic rings. The fraction of sp³-hybridized carbons (Fsp3) is 0.333. The quantitative estimate of drug-likeness (QED) is 0.427. The van der Waals surface area contributed by atoms with Gasteiger partial charge in [0.1, 0.15) is 23.2 Å². The molecule has 11 heteroatoms. The Hall–Kier alpha value is -3.98. The molecule has 0 bridgehead atoms. The van der Waals surface area contributed by atoms with Gasteiger partial charge in [-0.1, -0.05) is 24.8 Å². The summed E-state index contributed by atoms with van der Waals surface area (Å²) in [6.45, 7) is 3.51. The Morgan fingerprint density at radius 1 is 1.20 bits per heavy atom. The molecule has 0 radical (unpaired) electrons. The maximum absolute atomic E-state index is 13.6. The maximum Gasteiger partial charge on any atom is 0.259 e. The van der Waals surface area contributed by atoms with E-state index in [1.165, 1.54) is 53.8 Å². The van der Waals surface area contributed by atoms with Crippen LogP contribution in [0.15, 0.2) is 65.7 Å². The molecular weight excluding hydrogens is 549 g/mol. The van der Waals surface area contributed by atoms with Gasteiger partial charge in [-0.2, -0.15) is 4.31 Å². The van der Waals surface area contributed by atoms with Crippen LogP contribution in [-0.2, 0) is 10.0 Å². The van der Waals surface area contributed by atoms with Crippen molar-refractivity contribution in [3.8, 4) is 23.5 Å². The Labute approximate surface area is 239 Å². The Balaban J connectivity index is 1.67. The zero-order valence-corrected chi connectivity index (χ0v) is 24.1. The van der Waals surface area contributed by atoms with Crippen LogP contribution in [0.5, 0.6) is 11.6 Å². The summed E-state index contributed by atoms with van der Waals surface area (Å²) in [6.07, 6.45) is 0.784. The van der Waals surface area contributed by atoms with Gasteiger partial charge in [0.2, 0.25) is 15.9 Å². The molecule has 0 saturated heterocycles. The third-order valence-corrected chi connectivity index (χ3v) is 8.72. The van der Waals surface area contributed by atoms with Crippen molar-refractivity contribution in [3.05, 3.63) is 83.3 Å². The third kappa shape index (κ3) is 6.85. The van der Waals surface area contributed by atoms with Crippen LogP contribution in [0.1, 0.15) is 35.3 Å². The maximum atomic E-state index is 13.6. The number of carbonyl (C=O) groups excluding carboxylic acids is 1. The van der Waals surface area contributed by atoms with Gasteiger partial charge < -0.3 is 19.5 Å². The molecule has 1 aromatic heterocycles. The predicted octanol–water partition coefficient (Wildman–Crippen LogP) is 3.17. The van der Waals surface area contributed by atoms with Gasteiger partial charge in [-0.3, -0.25) is 4.79 Å². The minimum atomic E-state index is -3.89. The molecule has 0 spiro atoms. The normalized spacial score (nSPS) is 17.9. The number of amides is 1. The fourth-order valence-electron chi connectivity index (χ4n) is 4.36. The number of ether oxygens (including phenoxy) is 2. The van der Waals surface area contributed by atoms with Crippen molar-refractivity contribution in [1.82, 2.24) is 14.2 Å². The molecule has 9 nitrogen and oxygen atoms in total. The van der Waals surface area contributed by atoms with Crippen LogP contribution in [0.4, 0.5) is 4.39 Å². The lowest BCUT2D eigenvalue weighted by Gasteiger charge is -2.37. The number of methoxy groups -OCH3 is 1. The number of nitrogens with zero attached hydrogens (tertiary/aromatic N) is 3. The lowest BCUT2D eigenvalue weighted by atomic mass is 10.0. The van der Waals surface area contributed by atoms with Gasteiger partial charge in [0.25, 0.3) is 5.91 Å². The van der Waals surface area contributed by atoms with Crippen LogP contribution in [0.25, 0.3) is 0 Å². The van der Waals surface area contributed by atoms with Crippen molar-refractivity contribution in [2.75, 3.05) is 33.9 Å². The van der Waals surface area contributed by atoms with Crippen molar-refractivity contribution in [2.45, 2.75) is 30.9 Å². The van der Waals surface area contributed by atoms with Crippen molar-refractivity contribution in [2.24, 2.45) is 5.92 Å². The van der Waals surface area contributed by atoms with Gasteiger partial charge in [0, 0.05) is 42.9 Å². The van der Waals surface area contributed by atoms with Crippen LogP contribution in [0.2, 0.25) is 0 Å². The second-order valence-corrected chi connectivity index (χ2v) is 12.0. The number of benzene rings is 2. The molecule has 0 fully saturated rings. The van der Waals surface area contributed by atoms with Crippen molar-refractivity contribution in [1.29, 1.82) is 0 Å². The lowest BCUT2D eigenvalue weighted by molar-refractivity contribution is 0.0373. The van der Waals surface area contributed by atoms with E-state index in [2.05, 4.69) is 16.8 Å². The van der Waals surface area contributed by atoms with E-state index in [1.54, 1.807) is 37.3 Å². The average Bonchev–Trinajstić information content (AvgIpc) is 2.98. The number of fused-ring (bicyclic) bond motifs is 1. The summed E-state index contributed by atoms with van der Waals surface area (Å²) >= 11 is 0. The molecule has 2 heterocycles. The summed E-state index contributed by atoms with van der Waals surface area (Å²) in [5, 5.41) is 9.88. The van der Waals surface area contributed by atoms with E-state index in [1.807, 2.05) is 6.92 Å². The monoisotopic (exact) mass is 581 g/mol. The zero-order chi connectivity index (χ0) is 29.7. The molecule has 216 valence electrons. The number of sulfonamides is 1. The molecule has 1 N–H and O–H groups in total. The minimum absolute atomic E-state index is 0.0243. The van der Waals surface area contributed by atoms with Crippen LogP contribution < -0.4 is 9.47 Å². The smallest absolute Gasteiger partial charge is 0.259 e. The Morgan fingerprint density at radius 3 is 2.59 bits per heavy atom. The second-order valence-electron chi connectivity index (χ2n) is 9.92. The molecule has 0 unspecified atom stereocenters. The molecule has 1 amide bonds. The number of hydrogen-bond acceptors (Lipinski definition) is 7. The number of aliphatic hydroxyl groups excluding tert-OH is 1. The minimum Gasteiger partial charge on any atom is -0.497 e. The highest BCUT2D eigenvalue weighted by Gasteiger charge is 2.36. The number of hydrogen-bond donors (Lipinski definition) is 1. The molecule has 0 aliphatic carbocycles. The summed E-state index contributed by atoms with van der Waals surface area (Å²) < 4.78 is 52.6. The first-order valence-corrected chi connectivity index (χ1v) is 14.4. The number of halogens is 1. The van der Waals surface area contributed by atoms with E-state index in [9.17, 15) is 22.7 Å². The molecular formula is C30H32FN3O6S. The highest BCUT2D eigenvalue weighted by Crippen LogP contribution is 2.28. The number of likely N-dealkylation sites (N-methyl/N-ethyl adjacent to an activating group) is 1. The summed E-state index contributed by atoms with van der Waals surface area (Å²) in [5.74, 6) is 5.24. The van der Waals surface area contributed by atoms with Crippen LogP contribution in [0, 0.1) is 23.6 Å². The third-order valence-electron chi connectivity index (χ3n) is 6.90. The predicted molar refractivity (Wildman–Crippen MR) is 151 cm³/mol. The molecule has 1 aliphatic heterocycles. The molecule has 3 atom stereocenters. The fourth-order valence-corrected chi connectivity index (χ4v) is 5.58. The van der Waals surface area contributed by atoms with E-state index in [0.29, 0.717) is 16.9 Å². The van der Waals surface area contributed by atoms with Gasteiger partial charge in [-0.25, -0.2) is 17.8 Å². The van der Waals surface area contributed by atoms with Crippen molar-refractivity contribution >= 4 is 15.9 Å². The molecule has 41 heavy (non-hydrogen) atoms. The van der Waals surface area contributed by atoms with Gasteiger partial charge in [0.05, 0.1) is 31.2 Å². The molecule has 1 aliphatic rings. The van der Waals surface area contributed by atoms with Crippen molar-refractivity contribution < 1.29 is 32.2 Å². The number of aromatic nitrogens is 1. The summed E-state index contributed by atoms with van der Waals surface area (Å²) in [5.41, 5.74) is 1.17. The Kier molecular flexibility index (Phi) is 9.28. The highest BCUT2D eigenvalue weighted by atomic mass is 32.2. The largest absolute Gasteiger partial charge is 0.497 e. The zero-order valence-electron chi connectivity index (χ0n) is 23.2. The van der Waals surface area contributed by atoms with Crippen LogP contribution in [-0.4, -0.2) is 79.6 Å². The van der Waals surface area contributed by atoms with Crippen molar-refractivity contribution in [3.63, 3.8) is 0 Å². The van der Waals surface area contributed by atoms with Crippen LogP contribution >= 0.6 is 0 Å². The van der Waals surface area contributed by atoms with E-state index >= 15 is 0 Å². The topological polar surface area (TPSA) is 109 Å². The molecule has 4 rings (SSSR count). The van der Waals surface area contributed by atoms with Crippen LogP contribution in [0.3, 0.4) is 0 Å². The van der Waals surface area contributed by atoms with E-state index in [-0.39, 0.29) is 53.7 Å². The molecule has 2 aromatic carbocycles. The molecule has 0 saturated carbocycles. The van der Waals surface area contributed by atoms with E-state index in [0.717, 1.165) is 0 Å². The summed E-state index contributed by atoms with van der Waals surface area (Å²) in [7, 11) is -0.964. The first-order valence-electron chi connectivity index (χ1n) is 13.0. The number of carbonyl (C=O) groups is 1. The number of rotatable bonds is 7. The number of pyridine rings is 1. The summed E-state index contributed by atoms with van der Waals surface area (Å²) in [6, 6.07) is 13.0. The average molecular weight is 582 g/mol. The highest BCUT2D eigenvalue weighted by molar-refractivity contribution is 7.89. The van der Waals surface area contributed by atoms with E-state index in [4.69, 9.17) is 9.47 Å². The Bertz CT molecular complexity index is 1570. The first-order chi connectivity index (χ1) is 19.5. The number of aliphatic hydroxyl groups is 1. The Morgan fingerprint density at radius 2 is 1.90 bits per heavy atom. The van der Waals surface area contributed by atoms with Gasteiger partial charge in [-0.15, -0.1) is 0 Å². The summed E-state index contributed by atoms with van der Waals surface area (Å²) in [4.78, 5) is 19.6. The van der Waals surface area contributed by atoms with Gasteiger partial charge >= 0.3 is 0 Å². The van der Waals surface area contributed by atoms with E-state index < -0.39 is 22.2 Å². The second kappa shape index (κ2) is 12.7. The first kappa shape index (κ1) is 30.0.